The van der Waals surface area contributed by atoms with E-state index in [1.807, 2.05) is 68.8 Å². The van der Waals surface area contributed by atoms with Gasteiger partial charge in [0.1, 0.15) is 11.6 Å². The monoisotopic (exact) mass is 493 g/mol. The zero-order valence-corrected chi connectivity index (χ0v) is 21.2. The van der Waals surface area contributed by atoms with Crippen molar-refractivity contribution in [3.8, 4) is 16.9 Å². The number of hydrogen-bond donors (Lipinski definition) is 2. The molecule has 0 fully saturated rings. The van der Waals surface area contributed by atoms with Crippen LogP contribution in [0.5, 0.6) is 5.75 Å². The molecule has 2 aromatic heterocycles. The summed E-state index contributed by atoms with van der Waals surface area (Å²) in [6, 6.07) is 19.9. The molecule has 0 unspecified atom stereocenters. The van der Waals surface area contributed by atoms with Crippen LogP contribution >= 0.6 is 0 Å². The third kappa shape index (κ3) is 5.95. The Kier molecular flexibility index (Phi) is 7.42. The summed E-state index contributed by atoms with van der Waals surface area (Å²) in [7, 11) is 4.09. The summed E-state index contributed by atoms with van der Waals surface area (Å²) in [4.78, 5) is 23.8. The van der Waals surface area contributed by atoms with E-state index in [1.165, 1.54) is 5.56 Å². The van der Waals surface area contributed by atoms with E-state index in [0.717, 1.165) is 52.4 Å². The third-order valence-electron chi connectivity index (χ3n) is 6.31. The van der Waals surface area contributed by atoms with E-state index in [4.69, 9.17) is 9.72 Å². The molecular formula is C30H31N5O2. The summed E-state index contributed by atoms with van der Waals surface area (Å²) >= 11 is 0. The number of aromatic nitrogens is 2. The van der Waals surface area contributed by atoms with Crippen LogP contribution in [0, 0.1) is 0 Å². The van der Waals surface area contributed by atoms with Crippen molar-refractivity contribution >= 4 is 11.7 Å². The number of benzene rings is 2. The fraction of sp³-hybridized carbons (Fsp3) is 0.233. The maximum atomic E-state index is 12.9. The van der Waals surface area contributed by atoms with Crippen LogP contribution in [0.4, 0.5) is 5.82 Å². The molecule has 37 heavy (non-hydrogen) atoms. The van der Waals surface area contributed by atoms with Crippen LogP contribution in [0.1, 0.15) is 32.6 Å². The molecule has 7 nitrogen and oxygen atoms in total. The Morgan fingerprint density at radius 3 is 2.54 bits per heavy atom. The lowest BCUT2D eigenvalue weighted by atomic mass is 10.0. The predicted octanol–water partition coefficient (Wildman–Crippen LogP) is 4.68. The lowest BCUT2D eigenvalue weighted by Gasteiger charge is -2.13. The van der Waals surface area contributed by atoms with E-state index >= 15 is 0 Å². The third-order valence-corrected chi connectivity index (χ3v) is 6.31. The van der Waals surface area contributed by atoms with Crippen LogP contribution in [0.15, 0.2) is 79.3 Å². The first-order chi connectivity index (χ1) is 18.1. The minimum atomic E-state index is -0.0889. The molecule has 7 heteroatoms. The molecule has 0 bridgehead atoms. The summed E-state index contributed by atoms with van der Waals surface area (Å²) in [5, 5.41) is 6.49. The first kappa shape index (κ1) is 24.5. The van der Waals surface area contributed by atoms with Crippen molar-refractivity contribution in [1.82, 2.24) is 20.2 Å². The molecule has 0 saturated carbocycles. The normalized spacial score (nSPS) is 12.2. The van der Waals surface area contributed by atoms with E-state index in [-0.39, 0.29) is 5.91 Å². The molecule has 2 N–H and O–H groups in total. The van der Waals surface area contributed by atoms with Gasteiger partial charge in [0.2, 0.25) is 0 Å². The van der Waals surface area contributed by atoms with Crippen LogP contribution < -0.4 is 15.4 Å². The highest BCUT2D eigenvalue weighted by Gasteiger charge is 2.22. The van der Waals surface area contributed by atoms with Gasteiger partial charge in [-0.25, -0.2) is 4.98 Å². The van der Waals surface area contributed by atoms with Gasteiger partial charge in [-0.3, -0.25) is 9.78 Å². The second kappa shape index (κ2) is 11.2. The van der Waals surface area contributed by atoms with Gasteiger partial charge in [0.15, 0.2) is 0 Å². The molecule has 5 rings (SSSR count). The van der Waals surface area contributed by atoms with Gasteiger partial charge in [0.05, 0.1) is 6.61 Å². The summed E-state index contributed by atoms with van der Waals surface area (Å²) in [6.45, 7) is 2.55. The minimum absolute atomic E-state index is 0.0889. The van der Waals surface area contributed by atoms with Gasteiger partial charge in [-0.2, -0.15) is 0 Å². The number of carbonyl (C=O) groups is 1. The van der Waals surface area contributed by atoms with Crippen LogP contribution in [-0.4, -0.2) is 41.5 Å². The zero-order chi connectivity index (χ0) is 25.6. The minimum Gasteiger partial charge on any atom is -0.492 e. The van der Waals surface area contributed by atoms with Gasteiger partial charge >= 0.3 is 0 Å². The molecule has 2 aromatic carbocycles. The van der Waals surface area contributed by atoms with Crippen LogP contribution in [0.3, 0.4) is 0 Å². The molecule has 0 spiro atoms. The largest absolute Gasteiger partial charge is 0.492 e. The number of fused-ring (bicyclic) bond motifs is 1. The summed E-state index contributed by atoms with van der Waals surface area (Å²) in [5.41, 5.74) is 7.06. The van der Waals surface area contributed by atoms with Crippen molar-refractivity contribution < 1.29 is 9.53 Å². The van der Waals surface area contributed by atoms with Gasteiger partial charge < -0.3 is 20.3 Å². The fourth-order valence-electron chi connectivity index (χ4n) is 4.57. The predicted molar refractivity (Wildman–Crippen MR) is 145 cm³/mol. The summed E-state index contributed by atoms with van der Waals surface area (Å²) in [6.07, 6.45) is 6.20. The highest BCUT2D eigenvalue weighted by Crippen LogP contribution is 2.39. The molecule has 0 radical (unpaired) electrons. The maximum Gasteiger partial charge on any atom is 0.251 e. The Labute approximate surface area is 217 Å². The fourth-order valence-corrected chi connectivity index (χ4v) is 4.57. The number of rotatable bonds is 9. The number of amides is 1. The number of nitrogens with one attached hydrogen (secondary N) is 2. The zero-order valence-electron chi connectivity index (χ0n) is 21.2. The standard InChI is InChI=1S/C30H31N5O2/c1-35(2)20-23-7-3-5-21(15-23)18-34-30(36)25-8-4-6-22(16-25)17-32-29-26-11-14-37-28(26)27(19-33-29)24-9-12-31-13-10-24/h3-10,12-13,15-16,19H,11,14,17-18,20H2,1-2H3,(H,32,33)(H,34,36). The maximum absolute atomic E-state index is 12.9. The van der Waals surface area contributed by atoms with E-state index in [1.54, 1.807) is 12.4 Å². The number of pyridine rings is 2. The van der Waals surface area contributed by atoms with Gasteiger partial charge in [-0.05, 0) is 60.6 Å². The summed E-state index contributed by atoms with van der Waals surface area (Å²) in [5.74, 6) is 1.61. The van der Waals surface area contributed by atoms with Crippen LogP contribution in [0.2, 0.25) is 0 Å². The van der Waals surface area contributed by atoms with Crippen molar-refractivity contribution in [1.29, 1.82) is 0 Å². The SMILES string of the molecule is CN(C)Cc1cccc(CNC(=O)c2cccc(CNc3ncc(-c4ccncc4)c4c3CCO4)c2)c1. The molecule has 4 aromatic rings. The van der Waals surface area contributed by atoms with Gasteiger partial charge in [-0.15, -0.1) is 0 Å². The molecule has 1 aliphatic rings. The first-order valence-corrected chi connectivity index (χ1v) is 12.5. The van der Waals surface area contributed by atoms with Crippen molar-refractivity contribution in [2.45, 2.75) is 26.1 Å². The second-order valence-electron chi connectivity index (χ2n) is 9.46. The highest BCUT2D eigenvalue weighted by molar-refractivity contribution is 5.94. The van der Waals surface area contributed by atoms with Gasteiger partial charge in [0, 0.05) is 61.3 Å². The first-order valence-electron chi connectivity index (χ1n) is 12.5. The number of ether oxygens (including phenoxy) is 1. The molecule has 0 atom stereocenters. The molecule has 188 valence electrons. The number of hydrogen-bond acceptors (Lipinski definition) is 6. The van der Waals surface area contributed by atoms with Crippen LogP contribution in [0.25, 0.3) is 11.1 Å². The van der Waals surface area contributed by atoms with Gasteiger partial charge in [0.25, 0.3) is 5.91 Å². The lowest BCUT2D eigenvalue weighted by molar-refractivity contribution is 0.0951. The topological polar surface area (TPSA) is 79.4 Å². The van der Waals surface area contributed by atoms with E-state index in [0.29, 0.717) is 25.3 Å². The molecule has 1 amide bonds. The van der Waals surface area contributed by atoms with Crippen molar-refractivity contribution in [3.05, 3.63) is 107 Å². The molecule has 0 saturated heterocycles. The Bertz CT molecular complexity index is 1390. The molecule has 1 aliphatic heterocycles. The number of nitrogens with zero attached hydrogens (tertiary/aromatic N) is 3. The van der Waals surface area contributed by atoms with E-state index in [9.17, 15) is 4.79 Å². The summed E-state index contributed by atoms with van der Waals surface area (Å²) < 4.78 is 5.96. The molecular weight excluding hydrogens is 462 g/mol. The van der Waals surface area contributed by atoms with Crippen molar-refractivity contribution in [3.63, 3.8) is 0 Å². The van der Waals surface area contributed by atoms with E-state index < -0.39 is 0 Å². The van der Waals surface area contributed by atoms with E-state index in [2.05, 4.69) is 32.7 Å². The Morgan fingerprint density at radius 1 is 0.973 bits per heavy atom. The average Bonchev–Trinajstić information content (AvgIpc) is 3.41. The molecule has 3 heterocycles. The highest BCUT2D eigenvalue weighted by atomic mass is 16.5. The number of carbonyl (C=O) groups excluding carboxylic acids is 1. The van der Waals surface area contributed by atoms with Crippen molar-refractivity contribution in [2.75, 3.05) is 26.0 Å². The van der Waals surface area contributed by atoms with Crippen LogP contribution in [-0.2, 0) is 26.1 Å². The Morgan fingerprint density at radius 2 is 1.73 bits per heavy atom. The smallest absolute Gasteiger partial charge is 0.251 e. The second-order valence-corrected chi connectivity index (χ2v) is 9.46. The lowest BCUT2D eigenvalue weighted by Crippen LogP contribution is -2.23. The molecule has 0 aliphatic carbocycles. The Hall–Kier alpha value is -4.23. The van der Waals surface area contributed by atoms with Crippen molar-refractivity contribution in [2.24, 2.45) is 0 Å². The van der Waals surface area contributed by atoms with Gasteiger partial charge in [-0.1, -0.05) is 36.4 Å². The average molecular weight is 494 g/mol. The Balaban J connectivity index is 1.23. The quantitative estimate of drug-likeness (QED) is 0.352. The number of anilines is 1.